The van der Waals surface area contributed by atoms with E-state index in [1.807, 2.05) is 0 Å². The van der Waals surface area contributed by atoms with Crippen molar-refractivity contribution in [3.63, 3.8) is 0 Å². The molecule has 1 N–H and O–H groups in total. The number of piperidine rings is 1. The van der Waals surface area contributed by atoms with Gasteiger partial charge in [0.15, 0.2) is 5.82 Å². The number of halogens is 2. The summed E-state index contributed by atoms with van der Waals surface area (Å²) < 4.78 is 44.0. The number of benzene rings is 2. The van der Waals surface area contributed by atoms with Crippen LogP contribution in [0.5, 0.6) is 11.8 Å². The Labute approximate surface area is 273 Å². The summed E-state index contributed by atoms with van der Waals surface area (Å²) in [6.45, 7) is 4.06. The summed E-state index contributed by atoms with van der Waals surface area (Å²) in [4.78, 5) is 18.9. The monoisotopic (exact) mass is 639 g/mol. The van der Waals surface area contributed by atoms with Crippen molar-refractivity contribution in [1.82, 2.24) is 19.9 Å². The van der Waals surface area contributed by atoms with Crippen LogP contribution in [0.15, 0.2) is 30.5 Å². The molecule has 2 aromatic heterocycles. The molecule has 0 radical (unpaired) electrons. The molecule has 10 heteroatoms. The van der Waals surface area contributed by atoms with Gasteiger partial charge in [-0.2, -0.15) is 9.97 Å². The molecule has 2 unspecified atom stereocenters. The smallest absolute Gasteiger partial charge is 0.319 e. The zero-order valence-corrected chi connectivity index (χ0v) is 26.5. The van der Waals surface area contributed by atoms with Crippen molar-refractivity contribution in [1.29, 1.82) is 0 Å². The third-order valence-corrected chi connectivity index (χ3v) is 11.0. The fraction of sp³-hybridized carbons (Fsp3) is 0.486. The van der Waals surface area contributed by atoms with Crippen molar-refractivity contribution in [2.45, 2.75) is 69.9 Å². The number of rotatable bonds is 6. The van der Waals surface area contributed by atoms with E-state index < -0.39 is 11.6 Å². The highest BCUT2D eigenvalue weighted by Gasteiger charge is 2.50. The first-order valence-electron chi connectivity index (χ1n) is 17.0. The molecule has 8 rings (SSSR count). The van der Waals surface area contributed by atoms with Crippen LogP contribution in [-0.4, -0.2) is 76.5 Å². The molecule has 4 fully saturated rings. The Kier molecular flexibility index (Phi) is 7.85. The highest BCUT2D eigenvalue weighted by molar-refractivity contribution is 6.03. The Morgan fingerprint density at radius 2 is 1.89 bits per heavy atom. The molecule has 2 aliphatic heterocycles. The summed E-state index contributed by atoms with van der Waals surface area (Å²) in [5, 5.41) is 11.8. The zero-order chi connectivity index (χ0) is 32.1. The number of aromatic hydroxyl groups is 1. The predicted octanol–water partition coefficient (Wildman–Crippen LogP) is 6.60. The van der Waals surface area contributed by atoms with Crippen molar-refractivity contribution >= 4 is 27.5 Å². The first-order chi connectivity index (χ1) is 23.0. The fourth-order valence-electron chi connectivity index (χ4n) is 8.53. The average Bonchev–Trinajstić information content (AvgIpc) is 3.30. The Morgan fingerprint density at radius 1 is 1.02 bits per heavy atom. The summed E-state index contributed by atoms with van der Waals surface area (Å²) in [5.74, 6) is 1.50. The van der Waals surface area contributed by atoms with Crippen molar-refractivity contribution in [2.75, 3.05) is 44.4 Å². The molecule has 4 aromatic rings. The van der Waals surface area contributed by atoms with Crippen LogP contribution >= 0.6 is 0 Å². The molecule has 47 heavy (non-hydrogen) atoms. The number of phenols is 1. The van der Waals surface area contributed by atoms with E-state index in [-0.39, 0.29) is 39.5 Å². The van der Waals surface area contributed by atoms with Crippen LogP contribution < -0.4 is 9.64 Å². The number of nitrogens with zero attached hydrogens (tertiary/aromatic N) is 5. The SMILES string of the molecule is C#Cc1c(F)ccc2cc(O)cc(-c3ncc4c(N5CCCOCC5)nc(OCC56CCCC5N(C5CCC5)CCC6)nc4c3F)c12. The third-order valence-electron chi connectivity index (χ3n) is 11.0. The second kappa shape index (κ2) is 12.2. The van der Waals surface area contributed by atoms with Gasteiger partial charge in [0, 0.05) is 54.3 Å². The van der Waals surface area contributed by atoms with Gasteiger partial charge in [0.2, 0.25) is 0 Å². The molecule has 4 aliphatic rings. The molecule has 4 heterocycles. The molecule has 244 valence electrons. The average molecular weight is 640 g/mol. The fourth-order valence-corrected chi connectivity index (χ4v) is 8.53. The number of terminal acetylenes is 1. The van der Waals surface area contributed by atoms with Crippen molar-refractivity contribution < 1.29 is 23.4 Å². The quantitative estimate of drug-likeness (QED) is 0.236. The van der Waals surface area contributed by atoms with Gasteiger partial charge in [0.25, 0.3) is 0 Å². The summed E-state index contributed by atoms with van der Waals surface area (Å²) in [6.07, 6.45) is 17.6. The van der Waals surface area contributed by atoms with Gasteiger partial charge in [0.1, 0.15) is 28.6 Å². The van der Waals surface area contributed by atoms with E-state index in [0.717, 1.165) is 32.2 Å². The van der Waals surface area contributed by atoms with Crippen LogP contribution in [0.25, 0.3) is 32.9 Å². The lowest BCUT2D eigenvalue weighted by Gasteiger charge is -2.51. The normalized spacial score (nSPS) is 23.8. The lowest BCUT2D eigenvalue weighted by atomic mass is 9.73. The van der Waals surface area contributed by atoms with Crippen molar-refractivity contribution in [3.05, 3.63) is 47.7 Å². The van der Waals surface area contributed by atoms with Crippen LogP contribution in [-0.2, 0) is 4.74 Å². The summed E-state index contributed by atoms with van der Waals surface area (Å²) in [6, 6.07) is 6.88. The number of pyridine rings is 1. The van der Waals surface area contributed by atoms with Gasteiger partial charge in [-0.05, 0) is 75.1 Å². The van der Waals surface area contributed by atoms with Crippen molar-refractivity contribution in [3.8, 4) is 35.4 Å². The summed E-state index contributed by atoms with van der Waals surface area (Å²) in [5.41, 5.74) is 0.151. The van der Waals surface area contributed by atoms with Crippen LogP contribution in [0, 0.1) is 29.4 Å². The predicted molar refractivity (Wildman–Crippen MR) is 177 cm³/mol. The molecule has 2 aromatic carbocycles. The summed E-state index contributed by atoms with van der Waals surface area (Å²) >= 11 is 0. The number of likely N-dealkylation sites (tertiary alicyclic amines) is 1. The van der Waals surface area contributed by atoms with E-state index >= 15 is 4.39 Å². The largest absolute Gasteiger partial charge is 0.508 e. The molecular formula is C37H39F2N5O3. The minimum atomic E-state index is -0.716. The Hall–Kier alpha value is -4.07. The van der Waals surface area contributed by atoms with Gasteiger partial charge in [-0.1, -0.05) is 24.8 Å². The lowest BCUT2D eigenvalue weighted by molar-refractivity contribution is -0.0399. The van der Waals surface area contributed by atoms with E-state index in [1.54, 1.807) is 6.20 Å². The molecule has 2 atom stereocenters. The van der Waals surface area contributed by atoms with E-state index in [0.29, 0.717) is 67.0 Å². The molecular weight excluding hydrogens is 600 g/mol. The van der Waals surface area contributed by atoms with Crippen LogP contribution in [0.4, 0.5) is 14.6 Å². The van der Waals surface area contributed by atoms with Crippen LogP contribution in [0.1, 0.15) is 63.4 Å². The molecule has 0 spiro atoms. The van der Waals surface area contributed by atoms with E-state index in [9.17, 15) is 9.50 Å². The minimum Gasteiger partial charge on any atom is -0.508 e. The van der Waals surface area contributed by atoms with Gasteiger partial charge in [-0.3, -0.25) is 9.88 Å². The second-order valence-corrected chi connectivity index (χ2v) is 13.6. The standard InChI is InChI=1S/C37H39F2N5O3/c1-2-26-29(38)11-10-23-19-25(45)20-27(31(23)26)33-32(39)34-28(21-40-33)35(43-14-6-17-46-18-16-43)42-36(41-34)47-22-37-12-4-9-30(37)44(15-5-13-37)24-7-3-8-24/h1,10-11,19-21,24,30,45H,3-9,12-18,22H2. The Bertz CT molecular complexity index is 1880. The maximum atomic E-state index is 16.9. The van der Waals surface area contributed by atoms with Gasteiger partial charge < -0.3 is 19.5 Å². The third kappa shape index (κ3) is 5.24. The topological polar surface area (TPSA) is 83.8 Å². The van der Waals surface area contributed by atoms with Gasteiger partial charge in [-0.25, -0.2) is 8.78 Å². The van der Waals surface area contributed by atoms with Crippen LogP contribution in [0.2, 0.25) is 0 Å². The minimum absolute atomic E-state index is 0.0236. The molecule has 0 bridgehead atoms. The van der Waals surface area contributed by atoms with E-state index in [4.69, 9.17) is 20.9 Å². The number of hydrogen-bond donors (Lipinski definition) is 1. The number of anilines is 1. The van der Waals surface area contributed by atoms with Gasteiger partial charge in [-0.15, -0.1) is 6.42 Å². The first kappa shape index (κ1) is 30.3. The highest BCUT2D eigenvalue weighted by atomic mass is 19.1. The Morgan fingerprint density at radius 3 is 2.72 bits per heavy atom. The molecule has 0 amide bonds. The highest BCUT2D eigenvalue weighted by Crippen LogP contribution is 2.50. The van der Waals surface area contributed by atoms with E-state index in [2.05, 4.69) is 25.7 Å². The Balaban J connectivity index is 1.23. The van der Waals surface area contributed by atoms with Gasteiger partial charge in [0.05, 0.1) is 24.2 Å². The maximum absolute atomic E-state index is 16.9. The summed E-state index contributed by atoms with van der Waals surface area (Å²) in [7, 11) is 0. The molecule has 2 saturated heterocycles. The van der Waals surface area contributed by atoms with Crippen LogP contribution in [0.3, 0.4) is 0 Å². The number of hydrogen-bond acceptors (Lipinski definition) is 8. The number of ether oxygens (including phenoxy) is 2. The zero-order valence-electron chi connectivity index (χ0n) is 26.5. The number of phenolic OH excluding ortho intramolecular Hbond substituents is 1. The first-order valence-corrected chi connectivity index (χ1v) is 17.0. The lowest BCUT2D eigenvalue weighted by Crippen LogP contribution is -2.57. The number of fused-ring (bicyclic) bond motifs is 3. The van der Waals surface area contributed by atoms with Crippen molar-refractivity contribution in [2.24, 2.45) is 5.41 Å². The number of aromatic nitrogens is 3. The maximum Gasteiger partial charge on any atom is 0.319 e. The van der Waals surface area contributed by atoms with E-state index in [1.165, 1.54) is 56.4 Å². The molecule has 2 aliphatic carbocycles. The molecule has 2 saturated carbocycles. The second-order valence-electron chi connectivity index (χ2n) is 13.6. The molecule has 8 nitrogen and oxygen atoms in total. The van der Waals surface area contributed by atoms with Gasteiger partial charge >= 0.3 is 6.01 Å².